The van der Waals surface area contributed by atoms with E-state index in [1.807, 2.05) is 25.1 Å². The first kappa shape index (κ1) is 22.5. The molecular formula is C24H33FN6O. The van der Waals surface area contributed by atoms with E-state index in [1.165, 1.54) is 6.07 Å². The van der Waals surface area contributed by atoms with Crippen LogP contribution in [0.4, 0.5) is 15.9 Å². The summed E-state index contributed by atoms with van der Waals surface area (Å²) in [6, 6.07) is 6.56. The first-order valence-electron chi connectivity index (χ1n) is 11.5. The lowest BCUT2D eigenvalue weighted by Crippen LogP contribution is -2.41. The molecule has 2 aliphatic rings. The zero-order valence-electron chi connectivity index (χ0n) is 19.3. The lowest BCUT2D eigenvalue weighted by molar-refractivity contribution is -0.135. The van der Waals surface area contributed by atoms with E-state index in [9.17, 15) is 9.18 Å². The molecule has 2 aliphatic heterocycles. The van der Waals surface area contributed by atoms with Crippen LogP contribution in [-0.2, 0) is 17.8 Å². The van der Waals surface area contributed by atoms with Gasteiger partial charge in [-0.2, -0.15) is 0 Å². The maximum Gasteiger partial charge on any atom is 0.224 e. The standard InChI is InChI=1S/C24H33FN6O/c1-26-23-17-16-29(2)14-11-19(17)27-24(28-23)21-10-6-7-13-31(21)22(32)12-15-30(3)20-9-5-4-8-18(20)25/h4-5,8-9,21H,6-7,10-16H2,1-3H3,(H,26,27,28)/t21-/m1/s1. The summed E-state index contributed by atoms with van der Waals surface area (Å²) in [7, 11) is 5.82. The molecule has 0 bridgehead atoms. The van der Waals surface area contributed by atoms with Crippen molar-refractivity contribution in [1.82, 2.24) is 19.8 Å². The van der Waals surface area contributed by atoms with E-state index in [0.29, 0.717) is 25.2 Å². The lowest BCUT2D eigenvalue weighted by atomic mass is 9.99. The molecule has 2 aromatic rings. The van der Waals surface area contributed by atoms with Gasteiger partial charge in [-0.15, -0.1) is 0 Å². The SMILES string of the molecule is CNc1nc([C@H]2CCCCN2C(=O)CCN(C)c2ccccc2F)nc2c1CN(C)CC2. The third-order valence-electron chi connectivity index (χ3n) is 6.55. The fourth-order valence-electron chi connectivity index (χ4n) is 4.71. The predicted octanol–water partition coefficient (Wildman–Crippen LogP) is 3.23. The van der Waals surface area contributed by atoms with Gasteiger partial charge in [0, 0.05) is 58.7 Å². The molecule has 32 heavy (non-hydrogen) atoms. The van der Waals surface area contributed by atoms with Crippen LogP contribution in [0.5, 0.6) is 0 Å². The first-order valence-corrected chi connectivity index (χ1v) is 11.5. The number of halogens is 1. The monoisotopic (exact) mass is 440 g/mol. The van der Waals surface area contributed by atoms with E-state index >= 15 is 0 Å². The van der Waals surface area contributed by atoms with Crippen LogP contribution in [0.25, 0.3) is 0 Å². The van der Waals surface area contributed by atoms with E-state index in [-0.39, 0.29) is 17.8 Å². The molecule has 1 aromatic heterocycles. The number of aromatic nitrogens is 2. The highest BCUT2D eigenvalue weighted by Gasteiger charge is 2.32. The number of hydrogen-bond acceptors (Lipinski definition) is 6. The van der Waals surface area contributed by atoms with Crippen molar-refractivity contribution in [3.8, 4) is 0 Å². The molecule has 172 valence electrons. The van der Waals surface area contributed by atoms with Gasteiger partial charge >= 0.3 is 0 Å². The molecule has 1 atom stereocenters. The Bertz CT molecular complexity index is 950. The molecule has 3 heterocycles. The quantitative estimate of drug-likeness (QED) is 0.744. The van der Waals surface area contributed by atoms with Gasteiger partial charge in [-0.1, -0.05) is 12.1 Å². The number of carbonyl (C=O) groups is 1. The van der Waals surface area contributed by atoms with Gasteiger partial charge in [0.25, 0.3) is 0 Å². The summed E-state index contributed by atoms with van der Waals surface area (Å²) in [4.78, 5) is 29.0. The number of nitrogens with one attached hydrogen (secondary N) is 1. The Kier molecular flexibility index (Phi) is 6.89. The number of likely N-dealkylation sites (tertiary alicyclic amines) is 1. The number of nitrogens with zero attached hydrogens (tertiary/aromatic N) is 5. The summed E-state index contributed by atoms with van der Waals surface area (Å²) in [5, 5.41) is 3.24. The van der Waals surface area contributed by atoms with Gasteiger partial charge in [0.05, 0.1) is 17.4 Å². The maximum absolute atomic E-state index is 14.1. The summed E-state index contributed by atoms with van der Waals surface area (Å²) >= 11 is 0. The second-order valence-corrected chi connectivity index (χ2v) is 8.82. The van der Waals surface area contributed by atoms with Crippen LogP contribution in [0.1, 0.15) is 48.8 Å². The van der Waals surface area contributed by atoms with Gasteiger partial charge in [-0.05, 0) is 38.4 Å². The van der Waals surface area contributed by atoms with Crippen molar-refractivity contribution >= 4 is 17.4 Å². The molecule has 0 aliphatic carbocycles. The number of rotatable bonds is 6. The van der Waals surface area contributed by atoms with Crippen LogP contribution in [-0.4, -0.2) is 66.5 Å². The van der Waals surface area contributed by atoms with Crippen LogP contribution in [0.3, 0.4) is 0 Å². The van der Waals surface area contributed by atoms with Crippen LogP contribution < -0.4 is 10.2 Å². The Hall–Kier alpha value is -2.74. The van der Waals surface area contributed by atoms with Crippen LogP contribution in [0, 0.1) is 5.82 Å². The molecule has 1 fully saturated rings. The first-order chi connectivity index (χ1) is 15.5. The van der Waals surface area contributed by atoms with Crippen molar-refractivity contribution in [3.63, 3.8) is 0 Å². The highest BCUT2D eigenvalue weighted by Crippen LogP contribution is 2.32. The Morgan fingerprint density at radius 2 is 2.06 bits per heavy atom. The number of likely N-dealkylation sites (N-methyl/N-ethyl adjacent to an activating group) is 1. The average molecular weight is 441 g/mol. The predicted molar refractivity (Wildman–Crippen MR) is 124 cm³/mol. The van der Waals surface area contributed by atoms with Crippen LogP contribution in [0.15, 0.2) is 24.3 Å². The number of benzene rings is 1. The van der Waals surface area contributed by atoms with Gasteiger partial charge in [0.15, 0.2) is 5.82 Å². The van der Waals surface area contributed by atoms with E-state index < -0.39 is 0 Å². The van der Waals surface area contributed by atoms with Gasteiger partial charge < -0.3 is 20.0 Å². The number of carbonyl (C=O) groups excluding carboxylic acids is 1. The minimum atomic E-state index is -0.272. The van der Waals surface area contributed by atoms with E-state index in [0.717, 1.165) is 61.7 Å². The zero-order chi connectivity index (χ0) is 22.7. The van der Waals surface area contributed by atoms with Crippen molar-refractivity contribution in [2.45, 2.75) is 44.7 Å². The second-order valence-electron chi connectivity index (χ2n) is 8.82. The van der Waals surface area contributed by atoms with Gasteiger partial charge in [-0.3, -0.25) is 4.79 Å². The smallest absolute Gasteiger partial charge is 0.224 e. The van der Waals surface area contributed by atoms with Crippen molar-refractivity contribution in [2.24, 2.45) is 0 Å². The summed E-state index contributed by atoms with van der Waals surface area (Å²) < 4.78 is 14.1. The molecule has 4 rings (SSSR count). The third-order valence-corrected chi connectivity index (χ3v) is 6.55. The average Bonchev–Trinajstić information content (AvgIpc) is 2.82. The fraction of sp³-hybridized carbons (Fsp3) is 0.542. The lowest BCUT2D eigenvalue weighted by Gasteiger charge is -2.36. The Labute approximate surface area is 189 Å². The zero-order valence-corrected chi connectivity index (χ0v) is 19.3. The molecule has 0 saturated carbocycles. The summed E-state index contributed by atoms with van der Waals surface area (Å²) in [6.07, 6.45) is 4.14. The largest absolute Gasteiger partial charge is 0.373 e. The highest BCUT2D eigenvalue weighted by atomic mass is 19.1. The summed E-state index contributed by atoms with van der Waals surface area (Å²) in [5.74, 6) is 1.41. The molecule has 0 spiro atoms. The number of anilines is 2. The molecule has 0 unspecified atom stereocenters. The Morgan fingerprint density at radius 1 is 1.25 bits per heavy atom. The summed E-state index contributed by atoms with van der Waals surface area (Å²) in [6.45, 7) is 2.98. The van der Waals surface area contributed by atoms with Gasteiger partial charge in [0.2, 0.25) is 5.91 Å². The van der Waals surface area contributed by atoms with Crippen molar-refractivity contribution in [2.75, 3.05) is 51.0 Å². The Balaban J connectivity index is 1.50. The highest BCUT2D eigenvalue weighted by molar-refractivity contribution is 5.77. The van der Waals surface area contributed by atoms with Crippen molar-refractivity contribution in [3.05, 3.63) is 47.2 Å². The van der Waals surface area contributed by atoms with Crippen LogP contribution >= 0.6 is 0 Å². The fourth-order valence-corrected chi connectivity index (χ4v) is 4.71. The maximum atomic E-state index is 14.1. The molecule has 1 N–H and O–H groups in total. The topological polar surface area (TPSA) is 64.6 Å². The van der Waals surface area contributed by atoms with E-state index in [2.05, 4.69) is 17.3 Å². The van der Waals surface area contributed by atoms with Crippen molar-refractivity contribution < 1.29 is 9.18 Å². The molecular weight excluding hydrogens is 407 g/mol. The molecule has 1 amide bonds. The number of para-hydroxylation sites is 1. The number of amides is 1. The van der Waals surface area contributed by atoms with Crippen molar-refractivity contribution in [1.29, 1.82) is 0 Å². The molecule has 1 saturated heterocycles. The van der Waals surface area contributed by atoms with Gasteiger partial charge in [0.1, 0.15) is 11.6 Å². The molecule has 7 nitrogen and oxygen atoms in total. The number of hydrogen-bond donors (Lipinski definition) is 1. The summed E-state index contributed by atoms with van der Waals surface area (Å²) in [5.41, 5.74) is 2.76. The Morgan fingerprint density at radius 3 is 2.84 bits per heavy atom. The molecule has 0 radical (unpaired) electrons. The molecule has 8 heteroatoms. The minimum absolute atomic E-state index is 0.0740. The van der Waals surface area contributed by atoms with Gasteiger partial charge in [-0.25, -0.2) is 14.4 Å². The van der Waals surface area contributed by atoms with Crippen LogP contribution in [0.2, 0.25) is 0 Å². The van der Waals surface area contributed by atoms with E-state index in [1.54, 1.807) is 17.0 Å². The normalized spacial score (nSPS) is 18.9. The molecule has 1 aromatic carbocycles. The minimum Gasteiger partial charge on any atom is -0.373 e. The third kappa shape index (κ3) is 4.70. The second kappa shape index (κ2) is 9.81. The van der Waals surface area contributed by atoms with E-state index in [4.69, 9.17) is 9.97 Å². The number of piperidine rings is 1. The number of fused-ring (bicyclic) bond motifs is 1.